The van der Waals surface area contributed by atoms with E-state index in [0.717, 1.165) is 52.7 Å². The zero-order valence-corrected chi connectivity index (χ0v) is 22.0. The number of benzene rings is 1. The molecular weight excluding hydrogens is 464 g/mol. The summed E-state index contributed by atoms with van der Waals surface area (Å²) in [6.45, 7) is 7.68. The minimum atomic E-state index is -0.525. The highest BCUT2D eigenvalue weighted by molar-refractivity contribution is 5.89. The lowest BCUT2D eigenvalue weighted by molar-refractivity contribution is 0.0124. The number of amides is 1. The molecule has 2 aliphatic heterocycles. The van der Waals surface area contributed by atoms with Gasteiger partial charge in [0.2, 0.25) is 0 Å². The van der Waals surface area contributed by atoms with E-state index in [4.69, 9.17) is 4.74 Å². The fourth-order valence-corrected chi connectivity index (χ4v) is 5.97. The van der Waals surface area contributed by atoms with Crippen molar-refractivity contribution in [1.29, 1.82) is 0 Å². The lowest BCUT2D eigenvalue weighted by Gasteiger charge is -2.36. The number of ether oxygens (including phenoxy) is 1. The SMILES string of the molecule is Cc1ccc(-c2ccn(-c3ccc4c5c(n(C)c4c3)CC3CCC5N3C(=O)OC(C)(C)C)c(=O)c2)cn1. The van der Waals surface area contributed by atoms with Crippen LogP contribution in [0.15, 0.2) is 59.7 Å². The second-order valence-corrected chi connectivity index (χ2v) is 11.3. The number of carbonyl (C=O) groups is 1. The number of aryl methyl sites for hydroxylation is 2. The van der Waals surface area contributed by atoms with Crippen LogP contribution in [-0.2, 0) is 18.2 Å². The van der Waals surface area contributed by atoms with Crippen LogP contribution in [0.5, 0.6) is 0 Å². The first-order chi connectivity index (χ1) is 17.6. The lowest BCUT2D eigenvalue weighted by Crippen LogP contribution is -2.44. The van der Waals surface area contributed by atoms with Crippen LogP contribution in [0.2, 0.25) is 0 Å². The summed E-state index contributed by atoms with van der Waals surface area (Å²) in [5, 5.41) is 1.13. The summed E-state index contributed by atoms with van der Waals surface area (Å²) in [6.07, 6.45) is 6.12. The molecule has 5 heterocycles. The molecule has 7 heteroatoms. The van der Waals surface area contributed by atoms with Crippen molar-refractivity contribution in [3.05, 3.63) is 82.2 Å². The summed E-state index contributed by atoms with van der Waals surface area (Å²) in [4.78, 5) is 32.5. The van der Waals surface area contributed by atoms with E-state index in [1.807, 2.05) is 63.1 Å². The molecule has 3 aromatic heterocycles. The van der Waals surface area contributed by atoms with Gasteiger partial charge in [-0.1, -0.05) is 12.1 Å². The summed E-state index contributed by atoms with van der Waals surface area (Å²) in [5.41, 5.74) is 6.48. The van der Waals surface area contributed by atoms with Gasteiger partial charge in [-0.25, -0.2) is 4.79 Å². The van der Waals surface area contributed by atoms with E-state index in [0.29, 0.717) is 0 Å². The standard InChI is InChI=1S/C30H32N4O3/c1-18-6-7-20(17-31-18)19-12-13-33(27(35)14-19)21-8-10-23-25(15-21)32(5)26-16-22-9-11-24(28(23)26)34(22)29(36)37-30(2,3)4/h6-8,10,12-15,17,22,24H,9,11,16H2,1-5H3. The molecule has 1 fully saturated rings. The van der Waals surface area contributed by atoms with Gasteiger partial charge in [0.1, 0.15) is 5.60 Å². The van der Waals surface area contributed by atoms with Crippen molar-refractivity contribution in [2.75, 3.05) is 0 Å². The predicted octanol–water partition coefficient (Wildman–Crippen LogP) is 5.70. The molecule has 2 aliphatic rings. The van der Waals surface area contributed by atoms with E-state index in [1.54, 1.807) is 16.8 Å². The molecule has 1 amide bonds. The Balaban J connectivity index is 1.38. The molecule has 2 unspecified atom stereocenters. The zero-order chi connectivity index (χ0) is 26.1. The third kappa shape index (κ3) is 3.93. The summed E-state index contributed by atoms with van der Waals surface area (Å²) in [6, 6.07) is 13.9. The molecule has 0 radical (unpaired) electrons. The van der Waals surface area contributed by atoms with Crippen molar-refractivity contribution >= 4 is 17.0 Å². The van der Waals surface area contributed by atoms with Crippen LogP contribution < -0.4 is 5.56 Å². The number of fused-ring (bicyclic) bond motifs is 6. The normalized spacial score (nSPS) is 18.8. The maximum absolute atomic E-state index is 13.1. The summed E-state index contributed by atoms with van der Waals surface area (Å²) in [7, 11) is 2.09. The third-order valence-corrected chi connectivity index (χ3v) is 7.66. The quantitative estimate of drug-likeness (QED) is 0.357. The maximum atomic E-state index is 13.1. The fourth-order valence-electron chi connectivity index (χ4n) is 5.97. The molecular formula is C30H32N4O3. The molecule has 0 N–H and O–H groups in total. The molecule has 0 saturated carbocycles. The first kappa shape index (κ1) is 23.5. The van der Waals surface area contributed by atoms with Crippen LogP contribution in [0.3, 0.4) is 0 Å². The molecule has 190 valence electrons. The van der Waals surface area contributed by atoms with Gasteiger partial charge in [-0.05, 0) is 70.4 Å². The van der Waals surface area contributed by atoms with E-state index in [-0.39, 0.29) is 23.7 Å². The van der Waals surface area contributed by atoms with Gasteiger partial charge in [0.25, 0.3) is 5.56 Å². The van der Waals surface area contributed by atoms with Gasteiger partial charge in [0.05, 0.1) is 17.2 Å². The number of rotatable bonds is 2. The smallest absolute Gasteiger partial charge is 0.411 e. The molecule has 6 rings (SSSR count). The number of carbonyl (C=O) groups excluding carboxylic acids is 1. The highest BCUT2D eigenvalue weighted by atomic mass is 16.6. The van der Waals surface area contributed by atoms with Crippen molar-refractivity contribution in [3.8, 4) is 16.8 Å². The predicted molar refractivity (Wildman–Crippen MR) is 144 cm³/mol. The molecule has 1 aromatic carbocycles. The molecule has 7 nitrogen and oxygen atoms in total. The number of hydrogen-bond acceptors (Lipinski definition) is 4. The van der Waals surface area contributed by atoms with E-state index >= 15 is 0 Å². The van der Waals surface area contributed by atoms with Gasteiger partial charge in [0.15, 0.2) is 0 Å². The Kier molecular flexibility index (Phi) is 5.30. The number of nitrogens with zero attached hydrogens (tertiary/aromatic N) is 4. The minimum Gasteiger partial charge on any atom is -0.444 e. The Morgan fingerprint density at radius 3 is 2.57 bits per heavy atom. The van der Waals surface area contributed by atoms with Crippen LogP contribution in [0.4, 0.5) is 4.79 Å². The highest BCUT2D eigenvalue weighted by Crippen LogP contribution is 2.48. The molecule has 37 heavy (non-hydrogen) atoms. The highest BCUT2D eigenvalue weighted by Gasteiger charge is 2.46. The third-order valence-electron chi connectivity index (χ3n) is 7.66. The Morgan fingerprint density at radius 1 is 1.05 bits per heavy atom. The van der Waals surface area contributed by atoms with Crippen LogP contribution in [0.1, 0.15) is 56.6 Å². The summed E-state index contributed by atoms with van der Waals surface area (Å²) < 4.78 is 9.68. The summed E-state index contributed by atoms with van der Waals surface area (Å²) >= 11 is 0. The Bertz CT molecular complexity index is 1590. The first-order valence-corrected chi connectivity index (χ1v) is 12.9. The van der Waals surface area contributed by atoms with Gasteiger partial charge in [-0.2, -0.15) is 0 Å². The Hall–Kier alpha value is -3.87. The zero-order valence-electron chi connectivity index (χ0n) is 22.0. The van der Waals surface area contributed by atoms with Gasteiger partial charge in [-0.15, -0.1) is 0 Å². The van der Waals surface area contributed by atoms with Crippen LogP contribution in [0.25, 0.3) is 27.7 Å². The fraction of sp³-hybridized carbons (Fsp3) is 0.367. The second kappa shape index (κ2) is 8.33. The van der Waals surface area contributed by atoms with E-state index < -0.39 is 5.60 Å². The van der Waals surface area contributed by atoms with E-state index in [1.165, 1.54) is 11.3 Å². The van der Waals surface area contributed by atoms with Crippen LogP contribution in [-0.4, -0.2) is 36.8 Å². The number of aromatic nitrogens is 3. The Labute approximate surface area is 216 Å². The van der Waals surface area contributed by atoms with Gasteiger partial charge < -0.3 is 9.30 Å². The van der Waals surface area contributed by atoms with Crippen molar-refractivity contribution in [2.45, 2.75) is 64.6 Å². The van der Waals surface area contributed by atoms with E-state index in [9.17, 15) is 9.59 Å². The number of hydrogen-bond donors (Lipinski definition) is 0. The van der Waals surface area contributed by atoms with Crippen molar-refractivity contribution in [1.82, 2.24) is 19.0 Å². The minimum absolute atomic E-state index is 0.0169. The molecule has 2 atom stereocenters. The molecule has 1 saturated heterocycles. The molecule has 0 aliphatic carbocycles. The van der Waals surface area contributed by atoms with Crippen LogP contribution in [0, 0.1) is 6.92 Å². The first-order valence-electron chi connectivity index (χ1n) is 12.9. The van der Waals surface area contributed by atoms with Crippen molar-refractivity contribution in [3.63, 3.8) is 0 Å². The van der Waals surface area contributed by atoms with Crippen LogP contribution >= 0.6 is 0 Å². The molecule has 4 aromatic rings. The maximum Gasteiger partial charge on any atom is 0.411 e. The Morgan fingerprint density at radius 2 is 1.86 bits per heavy atom. The van der Waals surface area contributed by atoms with Crippen molar-refractivity contribution in [2.24, 2.45) is 7.05 Å². The molecule has 2 bridgehead atoms. The van der Waals surface area contributed by atoms with Gasteiger partial charge in [0, 0.05) is 65.9 Å². The average Bonchev–Trinajstić information content (AvgIpc) is 3.31. The summed E-state index contributed by atoms with van der Waals surface area (Å²) in [5.74, 6) is 0. The average molecular weight is 497 g/mol. The topological polar surface area (TPSA) is 69.4 Å². The second-order valence-electron chi connectivity index (χ2n) is 11.3. The largest absolute Gasteiger partial charge is 0.444 e. The number of pyridine rings is 2. The van der Waals surface area contributed by atoms with Gasteiger partial charge in [-0.3, -0.25) is 19.2 Å². The van der Waals surface area contributed by atoms with E-state index in [2.05, 4.69) is 28.7 Å². The lowest BCUT2D eigenvalue weighted by atomic mass is 9.97. The molecule has 0 spiro atoms. The monoisotopic (exact) mass is 496 g/mol. The van der Waals surface area contributed by atoms with Crippen molar-refractivity contribution < 1.29 is 9.53 Å². The van der Waals surface area contributed by atoms with Gasteiger partial charge >= 0.3 is 6.09 Å².